The molecule has 5 N–H and O–H groups in total. The number of phosphoric acid groups is 2. The number of nitrogens with two attached hydrogens (primary N) is 1. The normalized spacial score (nSPS) is 13.2. The molecule has 0 aliphatic heterocycles. The van der Waals surface area contributed by atoms with Crippen molar-refractivity contribution in [2.45, 2.75) is 599 Å². The zero-order chi connectivity index (χ0) is 110. The van der Waals surface area contributed by atoms with E-state index in [2.05, 4.69) is 114 Å². The van der Waals surface area contributed by atoms with Gasteiger partial charge in [0, 0.05) is 45.1 Å². The summed E-state index contributed by atoms with van der Waals surface area (Å²) >= 11 is 0. The van der Waals surface area contributed by atoms with Crippen molar-refractivity contribution < 1.29 is 133 Å². The van der Waals surface area contributed by atoms with Crippen LogP contribution in [0.5, 0.6) is 0 Å². The van der Waals surface area contributed by atoms with Gasteiger partial charge in [0.15, 0.2) is 18.3 Å². The Morgan fingerprint density at radius 2 is 0.407 bits per heavy atom. The maximum absolute atomic E-state index is 12.7. The molecule has 0 aromatic heterocycles. The second kappa shape index (κ2) is 122. The van der Waals surface area contributed by atoms with Crippen molar-refractivity contribution in [2.24, 2.45) is 5.73 Å². The van der Waals surface area contributed by atoms with Crippen LogP contribution in [0.25, 0.3) is 0 Å². The molecule has 2 unspecified atom stereocenters. The predicted molar refractivity (Wildman–Crippen MR) is 622 cm³/mol. The monoisotopic (exact) mass is 2170 g/mol. The van der Waals surface area contributed by atoms with Crippen molar-refractivity contribution in [3.8, 4) is 0 Å². The first-order chi connectivity index (χ1) is 72.5. The molecule has 0 aliphatic carbocycles. The van der Waals surface area contributed by atoms with E-state index in [1.54, 1.807) is 0 Å². The second-order valence-corrected chi connectivity index (χ2v) is 45.5. The smallest absolute Gasteiger partial charge is 0.462 e. The number of quaternary nitrogens is 1. The Morgan fingerprint density at radius 3 is 0.593 bits per heavy atom. The fourth-order valence-corrected chi connectivity index (χ4v) is 18.4. The number of nitrogens with zero attached hydrogens (tertiary/aromatic N) is 1. The van der Waals surface area contributed by atoms with E-state index in [4.69, 9.17) is 52.2 Å². The number of aliphatic hydroxyl groups is 1. The number of allylic oxidation sites excluding steroid dienone is 12. The number of hydrogen-bond donors (Lipinski definition) is 4. The number of rotatable bonds is 113. The van der Waals surface area contributed by atoms with Crippen LogP contribution in [0.3, 0.4) is 0 Å². The number of ether oxygens (including phenoxy) is 6. The number of phosphoric ester groups is 2. The number of carbonyl (C=O) groups excluding carboxylic acids is 6. The summed E-state index contributed by atoms with van der Waals surface area (Å²) in [5.74, 6) is -2.27. The number of hydrogen-bond acceptors (Lipinski definition) is 20. The van der Waals surface area contributed by atoms with E-state index in [0.717, 1.165) is 193 Å². The van der Waals surface area contributed by atoms with Gasteiger partial charge in [-0.15, -0.1) is 0 Å². The largest absolute Gasteiger partial charge is 1.00 e. The molecular weight excluding hydrogens is 1940 g/mol. The molecular formula is C124H235N2NaO21P2+2. The molecule has 0 heterocycles. The van der Waals surface area contributed by atoms with E-state index < -0.39 is 65.1 Å². The average molecular weight is 2180 g/mol. The van der Waals surface area contributed by atoms with Gasteiger partial charge in [-0.05, 0) is 193 Å². The van der Waals surface area contributed by atoms with Crippen LogP contribution in [-0.4, -0.2) is 161 Å². The van der Waals surface area contributed by atoms with Crippen LogP contribution in [0.4, 0.5) is 0 Å². The molecule has 0 aliphatic rings. The van der Waals surface area contributed by atoms with Crippen LogP contribution >= 0.6 is 15.6 Å². The number of unbranched alkanes of at least 4 members (excludes halogenated alkanes) is 66. The van der Waals surface area contributed by atoms with Gasteiger partial charge >= 0.3 is 81.0 Å². The third-order valence-electron chi connectivity index (χ3n) is 26.5. The molecule has 26 heteroatoms. The molecule has 0 saturated heterocycles. The maximum Gasteiger partial charge on any atom is 1.00 e. The number of aliphatic hydroxyl groups excluding tert-OH is 1. The minimum Gasteiger partial charge on any atom is -0.462 e. The van der Waals surface area contributed by atoms with Gasteiger partial charge in [-0.3, -0.25) is 46.9 Å². The van der Waals surface area contributed by atoms with Crippen molar-refractivity contribution in [1.29, 1.82) is 0 Å². The van der Waals surface area contributed by atoms with Crippen molar-refractivity contribution >= 4 is 51.5 Å². The summed E-state index contributed by atoms with van der Waals surface area (Å²) in [6, 6.07) is 0. The van der Waals surface area contributed by atoms with E-state index in [1.165, 1.54) is 295 Å². The van der Waals surface area contributed by atoms with E-state index >= 15 is 0 Å². The topological polar surface area (TPSA) is 316 Å². The van der Waals surface area contributed by atoms with Gasteiger partial charge in [-0.2, -0.15) is 0 Å². The molecule has 0 amide bonds. The minimum atomic E-state index is -4.37. The summed E-state index contributed by atoms with van der Waals surface area (Å²) in [4.78, 5) is 94.3. The Kier molecular flexibility index (Phi) is 124. The van der Waals surface area contributed by atoms with Crippen molar-refractivity contribution in [2.75, 3.05) is 87.1 Å². The quantitative estimate of drug-likeness (QED) is 0.00836. The van der Waals surface area contributed by atoms with Gasteiger partial charge in [0.25, 0.3) is 0 Å². The fraction of sp³-hybridized carbons (Fsp3) is 0.855. The van der Waals surface area contributed by atoms with E-state index in [1.807, 2.05) is 21.1 Å². The van der Waals surface area contributed by atoms with Gasteiger partial charge in [-0.1, -0.05) is 423 Å². The summed E-state index contributed by atoms with van der Waals surface area (Å²) in [5.41, 5.74) is 5.34. The number of esters is 6. The summed E-state index contributed by atoms with van der Waals surface area (Å²) in [6.07, 6.45) is 119. The van der Waals surface area contributed by atoms with Gasteiger partial charge in [0.05, 0.1) is 47.6 Å². The Hall–Kier alpha value is -3.64. The van der Waals surface area contributed by atoms with E-state index in [-0.39, 0.29) is 119 Å². The predicted octanol–water partition coefficient (Wildman–Crippen LogP) is 32.5. The molecule has 0 rings (SSSR count). The second-order valence-electron chi connectivity index (χ2n) is 42.6. The van der Waals surface area contributed by atoms with Gasteiger partial charge in [0.2, 0.25) is 0 Å². The standard InChI is InChI=1S/C44H84NO8P.C41H78NO8P.C39H72O5.Na/c1-6-8-10-12-14-16-18-20-22-24-26-28-30-32-34-36-43(46)50-40-42(41-52-54(48,49)51-39-38-45(3,4)5)53-44(47)37-35-33-31-29-27-25-23-21-19-17-15-13-11-9-7-2;1-3-5-7-9-11-13-15-17-19-21-23-25-27-29-31-33-40(43)47-37-39(38-49-51(45,46)48-36-35-42)50-41(44)34-32-30-28-26-24-22-20-18-16-14-12-10-8-6-4-2;1-3-5-7-9-11-13-15-17-19-21-23-25-27-29-31-33-38(41)43-36-37(35-40)44-39(42)34-32-30-28-26-24-22-20-18-16-14-12-10-8-6-4-2;/h20-23,42H,6-19,24-41H2,1-5H3;17-20,39H,3-16,21-38,42H2,1-2H3,(H,45,46);17-20,37,40H,3-16,21-36H2,1-2H3;/q;;;+1/p+1/b22-20-,23-21-;2*19-17-,20-18-;/t42-;39-;37-;/m110./s1. The van der Waals surface area contributed by atoms with Crippen LogP contribution in [0.2, 0.25) is 0 Å². The Bertz CT molecular complexity index is 3200. The van der Waals surface area contributed by atoms with Gasteiger partial charge in [-0.25, -0.2) is 9.13 Å². The first-order valence-electron chi connectivity index (χ1n) is 61.8. The first-order valence-corrected chi connectivity index (χ1v) is 64.8. The molecule has 0 aromatic carbocycles. The van der Waals surface area contributed by atoms with Crippen molar-refractivity contribution in [1.82, 2.24) is 0 Å². The zero-order valence-electron chi connectivity index (χ0n) is 98.7. The third kappa shape index (κ3) is 128. The average Bonchev–Trinajstić information content (AvgIpc) is 0.899. The van der Waals surface area contributed by atoms with Crippen LogP contribution in [0.1, 0.15) is 581 Å². The van der Waals surface area contributed by atoms with Crippen molar-refractivity contribution in [3.05, 3.63) is 72.9 Å². The molecule has 0 aromatic rings. The van der Waals surface area contributed by atoms with E-state index in [0.29, 0.717) is 36.7 Å². The minimum absolute atomic E-state index is 0. The Morgan fingerprint density at radius 1 is 0.240 bits per heavy atom. The molecule has 0 fully saturated rings. The fourth-order valence-electron chi connectivity index (χ4n) is 16.9. The van der Waals surface area contributed by atoms with Crippen LogP contribution in [0, 0.1) is 0 Å². The van der Waals surface area contributed by atoms with Crippen LogP contribution in [-0.2, 0) is 84.4 Å². The third-order valence-corrected chi connectivity index (χ3v) is 28.4. The molecule has 0 radical (unpaired) electrons. The summed E-state index contributed by atoms with van der Waals surface area (Å²) < 4.78 is 77.6. The van der Waals surface area contributed by atoms with E-state index in [9.17, 15) is 52.8 Å². The van der Waals surface area contributed by atoms with Crippen LogP contribution < -0.4 is 35.3 Å². The molecule has 23 nitrogen and oxygen atoms in total. The SMILES string of the molecule is CCCCCCCC/C=C\CCCCCCCC(=O)OC[C@H](CO)OC(=O)CCCCCCC/C=C\CCCCCCCC.CCCCCCCC/C=C\CCCCCCCC(=O)OC[C@H](COP(=O)(O)OCCN)OC(=O)CCCCCCC/C=C\CCCCCCCC.CCCCCCCC/C=C\CCCCCCCC(=O)OC[C@H](COP(=O)(O)OCC[N+](C)(C)C)OC(=O)CCCCCCC/C=C\CCCCCCCC.[Na+]. The van der Waals surface area contributed by atoms with Crippen molar-refractivity contribution in [3.63, 3.8) is 0 Å². The maximum atomic E-state index is 12.7. The number of likely N-dealkylation sites (N-methyl/N-ethyl adjacent to an activating group) is 1. The van der Waals surface area contributed by atoms with Gasteiger partial charge < -0.3 is 53.5 Å². The van der Waals surface area contributed by atoms with Gasteiger partial charge in [0.1, 0.15) is 33.0 Å². The molecule has 876 valence electrons. The first kappa shape index (κ1) is 153. The summed E-state index contributed by atoms with van der Waals surface area (Å²) in [6.45, 7) is 12.2. The molecule has 0 saturated carbocycles. The molecule has 5 atom stereocenters. The summed E-state index contributed by atoms with van der Waals surface area (Å²) in [7, 11) is -2.91. The summed E-state index contributed by atoms with van der Waals surface area (Å²) in [5, 5.41) is 9.53. The van der Waals surface area contributed by atoms with Crippen LogP contribution in [0.15, 0.2) is 72.9 Å². The molecule has 0 spiro atoms. The Labute approximate surface area is 943 Å². The number of carbonyl (C=O) groups is 6. The Balaban J connectivity index is -0.00000107. The molecule has 0 bridgehead atoms. The molecule has 150 heavy (non-hydrogen) atoms. The zero-order valence-corrected chi connectivity index (χ0v) is 103.